The van der Waals surface area contributed by atoms with Gasteiger partial charge in [-0.2, -0.15) is 31.4 Å². The van der Waals surface area contributed by atoms with E-state index in [2.05, 4.69) is 15.4 Å². The maximum Gasteiger partial charge on any atom is 0.490 e. The van der Waals surface area contributed by atoms with Crippen LogP contribution >= 0.6 is 0 Å². The number of hydrogen-bond donors (Lipinski definition) is 2. The molecule has 1 aromatic carbocycles. The SMILES string of the molecule is Cc1nc(C(F)(F)F)cn1[C@@H](C)C(=O)Nc1cnn(-c2ccc(F)cc2)c1C(C)C.O=C(O)C(F)(F)F. The Morgan fingerprint density at radius 1 is 1.03 bits per heavy atom. The Hall–Kier alpha value is -3.91. The van der Waals surface area contributed by atoms with Crippen molar-refractivity contribution in [2.24, 2.45) is 0 Å². The van der Waals surface area contributed by atoms with Crippen molar-refractivity contribution in [3.05, 3.63) is 59.7 Å². The third kappa shape index (κ3) is 7.30. The summed E-state index contributed by atoms with van der Waals surface area (Å²) >= 11 is 0. The van der Waals surface area contributed by atoms with E-state index in [0.717, 1.165) is 6.20 Å². The van der Waals surface area contributed by atoms with E-state index in [1.165, 1.54) is 36.7 Å². The van der Waals surface area contributed by atoms with Gasteiger partial charge in [0.05, 0.1) is 23.3 Å². The molecule has 202 valence electrons. The number of amides is 1. The Labute approximate surface area is 205 Å². The Morgan fingerprint density at radius 3 is 2.00 bits per heavy atom. The molecule has 3 rings (SSSR count). The monoisotopic (exact) mass is 537 g/mol. The Kier molecular flexibility index (Phi) is 8.72. The second kappa shape index (κ2) is 11.0. The Balaban J connectivity index is 0.000000604. The van der Waals surface area contributed by atoms with Crippen molar-refractivity contribution in [2.45, 2.75) is 52.0 Å². The first-order valence-corrected chi connectivity index (χ1v) is 10.5. The van der Waals surface area contributed by atoms with Crippen LogP contribution in [-0.2, 0) is 15.8 Å². The van der Waals surface area contributed by atoms with E-state index >= 15 is 0 Å². The predicted molar refractivity (Wildman–Crippen MR) is 117 cm³/mol. The topological polar surface area (TPSA) is 102 Å². The zero-order valence-corrected chi connectivity index (χ0v) is 19.8. The summed E-state index contributed by atoms with van der Waals surface area (Å²) < 4.78 is 86.5. The number of anilines is 1. The fourth-order valence-corrected chi connectivity index (χ4v) is 3.18. The maximum absolute atomic E-state index is 13.2. The van der Waals surface area contributed by atoms with E-state index in [0.29, 0.717) is 17.1 Å². The molecule has 0 aliphatic rings. The lowest BCUT2D eigenvalue weighted by Crippen LogP contribution is -2.24. The summed E-state index contributed by atoms with van der Waals surface area (Å²) in [6.45, 7) is 6.71. The van der Waals surface area contributed by atoms with Gasteiger partial charge in [-0.05, 0) is 44.0 Å². The predicted octanol–water partition coefficient (Wildman–Crippen LogP) is 5.49. The van der Waals surface area contributed by atoms with Gasteiger partial charge in [-0.3, -0.25) is 4.79 Å². The van der Waals surface area contributed by atoms with Crippen LogP contribution in [0.1, 0.15) is 49.9 Å². The van der Waals surface area contributed by atoms with Gasteiger partial charge in [-0.1, -0.05) is 13.8 Å². The molecule has 15 heteroatoms. The van der Waals surface area contributed by atoms with Crippen molar-refractivity contribution in [1.82, 2.24) is 19.3 Å². The number of benzene rings is 1. The molecule has 2 N–H and O–H groups in total. The zero-order chi connectivity index (χ0) is 28.3. The second-order valence-corrected chi connectivity index (χ2v) is 8.03. The Bertz CT molecular complexity index is 1250. The summed E-state index contributed by atoms with van der Waals surface area (Å²) in [6.07, 6.45) is -7.39. The first kappa shape index (κ1) is 29.3. The maximum atomic E-state index is 13.2. The number of nitrogens with zero attached hydrogens (tertiary/aromatic N) is 4. The molecule has 0 saturated carbocycles. The summed E-state index contributed by atoms with van der Waals surface area (Å²) in [4.78, 5) is 25.2. The summed E-state index contributed by atoms with van der Waals surface area (Å²) in [5.41, 5.74) is 0.682. The molecule has 0 bridgehead atoms. The number of hydrogen-bond acceptors (Lipinski definition) is 4. The van der Waals surface area contributed by atoms with Gasteiger partial charge < -0.3 is 15.0 Å². The second-order valence-electron chi connectivity index (χ2n) is 8.03. The first-order valence-electron chi connectivity index (χ1n) is 10.5. The largest absolute Gasteiger partial charge is 0.490 e. The molecular formula is C22H22F7N5O3. The number of aliphatic carboxylic acids is 1. The number of rotatable bonds is 5. The number of nitrogens with one attached hydrogen (secondary N) is 1. The fourth-order valence-electron chi connectivity index (χ4n) is 3.18. The zero-order valence-electron chi connectivity index (χ0n) is 19.8. The average molecular weight is 537 g/mol. The summed E-state index contributed by atoms with van der Waals surface area (Å²) in [7, 11) is 0. The van der Waals surface area contributed by atoms with Crippen molar-refractivity contribution in [3.63, 3.8) is 0 Å². The van der Waals surface area contributed by atoms with Gasteiger partial charge in [0.25, 0.3) is 0 Å². The Morgan fingerprint density at radius 2 is 1.57 bits per heavy atom. The van der Waals surface area contributed by atoms with Crippen LogP contribution in [0.2, 0.25) is 0 Å². The quantitative estimate of drug-likeness (QED) is 0.419. The van der Waals surface area contributed by atoms with Gasteiger partial charge in [0.15, 0.2) is 5.69 Å². The molecule has 2 aromatic heterocycles. The highest BCUT2D eigenvalue weighted by Crippen LogP contribution is 2.30. The number of imidazole rings is 1. The third-order valence-corrected chi connectivity index (χ3v) is 4.93. The minimum atomic E-state index is -5.08. The van der Waals surface area contributed by atoms with E-state index < -0.39 is 36.0 Å². The lowest BCUT2D eigenvalue weighted by atomic mass is 10.1. The van der Waals surface area contributed by atoms with Crippen LogP contribution in [0.25, 0.3) is 5.69 Å². The van der Waals surface area contributed by atoms with Crippen molar-refractivity contribution in [2.75, 3.05) is 5.32 Å². The van der Waals surface area contributed by atoms with Crippen LogP contribution in [0.3, 0.4) is 0 Å². The lowest BCUT2D eigenvalue weighted by Gasteiger charge is -2.17. The van der Waals surface area contributed by atoms with Crippen LogP contribution in [0, 0.1) is 12.7 Å². The molecule has 37 heavy (non-hydrogen) atoms. The molecule has 1 atom stereocenters. The lowest BCUT2D eigenvalue weighted by molar-refractivity contribution is -0.192. The minimum Gasteiger partial charge on any atom is -0.475 e. The number of carbonyl (C=O) groups is 2. The van der Waals surface area contributed by atoms with Gasteiger partial charge in [-0.25, -0.2) is 18.9 Å². The van der Waals surface area contributed by atoms with Crippen LogP contribution in [0.4, 0.5) is 36.4 Å². The van der Waals surface area contributed by atoms with Crippen LogP contribution in [-0.4, -0.2) is 42.5 Å². The first-order chi connectivity index (χ1) is 16.9. The summed E-state index contributed by atoms with van der Waals surface area (Å²) in [5.74, 6) is -3.61. The van der Waals surface area contributed by atoms with E-state index in [1.807, 2.05) is 13.8 Å². The standard InChI is InChI=1S/C20H21F4N5O.C2HF3O2/c1-11(2)18-16(9-25-29(18)15-7-5-14(21)6-8-15)27-19(30)12(3)28-10-17(20(22,23)24)26-13(28)4;3-2(4,5)1(6)7/h5-12H,1-4H3,(H,27,30);(H,6,7)/t12-;/m0./s1. The van der Waals surface area contributed by atoms with E-state index in [9.17, 15) is 35.5 Å². The minimum absolute atomic E-state index is 0.0463. The molecule has 0 spiro atoms. The number of carboxylic acids is 1. The van der Waals surface area contributed by atoms with Crippen molar-refractivity contribution in [1.29, 1.82) is 0 Å². The average Bonchev–Trinajstić information content (AvgIpc) is 3.37. The molecule has 2 heterocycles. The van der Waals surface area contributed by atoms with Crippen molar-refractivity contribution >= 4 is 17.6 Å². The highest BCUT2D eigenvalue weighted by molar-refractivity contribution is 5.94. The summed E-state index contributed by atoms with van der Waals surface area (Å²) in [5, 5.41) is 14.2. The highest BCUT2D eigenvalue weighted by atomic mass is 19.4. The van der Waals surface area contributed by atoms with Gasteiger partial charge in [0.2, 0.25) is 5.91 Å². The normalized spacial score (nSPS) is 12.6. The smallest absolute Gasteiger partial charge is 0.475 e. The van der Waals surface area contributed by atoms with Gasteiger partial charge in [-0.15, -0.1) is 0 Å². The van der Waals surface area contributed by atoms with Crippen LogP contribution < -0.4 is 5.32 Å². The van der Waals surface area contributed by atoms with Crippen LogP contribution in [0.15, 0.2) is 36.7 Å². The van der Waals surface area contributed by atoms with E-state index in [1.54, 1.807) is 16.8 Å². The van der Waals surface area contributed by atoms with Crippen LogP contribution in [0.5, 0.6) is 0 Å². The van der Waals surface area contributed by atoms with E-state index in [4.69, 9.17) is 9.90 Å². The highest BCUT2D eigenvalue weighted by Gasteiger charge is 2.38. The van der Waals surface area contributed by atoms with Gasteiger partial charge in [0.1, 0.15) is 17.7 Å². The number of aryl methyl sites for hydroxylation is 1. The fraction of sp³-hybridized carbons (Fsp3) is 0.364. The number of aromatic nitrogens is 4. The van der Waals surface area contributed by atoms with Crippen molar-refractivity contribution < 1.29 is 45.4 Å². The molecule has 8 nitrogen and oxygen atoms in total. The molecule has 0 aliphatic carbocycles. The molecule has 0 saturated heterocycles. The molecule has 0 radical (unpaired) electrons. The third-order valence-electron chi connectivity index (χ3n) is 4.93. The van der Waals surface area contributed by atoms with E-state index in [-0.39, 0.29) is 17.6 Å². The van der Waals surface area contributed by atoms with Gasteiger partial charge >= 0.3 is 18.3 Å². The number of alkyl halides is 6. The van der Waals surface area contributed by atoms with Crippen molar-refractivity contribution in [3.8, 4) is 5.69 Å². The van der Waals surface area contributed by atoms with Gasteiger partial charge in [0, 0.05) is 6.20 Å². The molecular weight excluding hydrogens is 515 g/mol. The molecule has 1 amide bonds. The number of halogens is 7. The summed E-state index contributed by atoms with van der Waals surface area (Å²) in [6, 6.07) is 4.82. The molecule has 0 aliphatic heterocycles. The number of carbonyl (C=O) groups excluding carboxylic acids is 1. The molecule has 3 aromatic rings. The molecule has 0 fully saturated rings. The molecule has 0 unspecified atom stereocenters. The number of carboxylic acid groups (broad SMARTS) is 1.